The second kappa shape index (κ2) is 5.40. The summed E-state index contributed by atoms with van der Waals surface area (Å²) >= 11 is 0. The summed E-state index contributed by atoms with van der Waals surface area (Å²) in [7, 11) is 0. The second-order valence-corrected chi connectivity index (χ2v) is 4.70. The molecule has 1 unspecified atom stereocenters. The summed E-state index contributed by atoms with van der Waals surface area (Å²) in [6, 6.07) is 5.56. The van der Waals surface area contributed by atoms with E-state index >= 15 is 0 Å². The molecule has 19 heavy (non-hydrogen) atoms. The van der Waals surface area contributed by atoms with Crippen molar-refractivity contribution in [1.82, 2.24) is 4.90 Å². The maximum atomic E-state index is 12.4. The van der Waals surface area contributed by atoms with Gasteiger partial charge in [0.2, 0.25) is 0 Å². The number of nitrogens with zero attached hydrogens (tertiary/aromatic N) is 1. The molecule has 0 bridgehead atoms. The van der Waals surface area contributed by atoms with E-state index in [0.717, 1.165) is 11.1 Å². The van der Waals surface area contributed by atoms with Gasteiger partial charge < -0.3 is 14.7 Å². The van der Waals surface area contributed by atoms with Crippen LogP contribution in [0.15, 0.2) is 18.2 Å². The lowest BCUT2D eigenvalue weighted by Gasteiger charge is -2.31. The minimum atomic E-state index is -1.03. The third kappa shape index (κ3) is 2.76. The Labute approximate surface area is 111 Å². The fourth-order valence-corrected chi connectivity index (χ4v) is 2.14. The van der Waals surface area contributed by atoms with E-state index in [1.807, 2.05) is 26.0 Å². The summed E-state index contributed by atoms with van der Waals surface area (Å²) in [6.45, 7) is 4.63. The molecule has 1 heterocycles. The molecule has 102 valence electrons. The largest absolute Gasteiger partial charge is 0.479 e. The highest BCUT2D eigenvalue weighted by atomic mass is 16.5. The summed E-state index contributed by atoms with van der Waals surface area (Å²) in [4.78, 5) is 24.9. The number of amides is 1. The first kappa shape index (κ1) is 13.5. The topological polar surface area (TPSA) is 66.8 Å². The fraction of sp³-hybridized carbons (Fsp3) is 0.429. The molecule has 1 amide bonds. The van der Waals surface area contributed by atoms with Crippen molar-refractivity contribution in [3.63, 3.8) is 0 Å². The Morgan fingerprint density at radius 2 is 2.11 bits per heavy atom. The average Bonchev–Trinajstić information content (AvgIpc) is 2.41. The number of hydrogen-bond donors (Lipinski definition) is 1. The number of carbonyl (C=O) groups is 2. The minimum absolute atomic E-state index is 0.0988. The van der Waals surface area contributed by atoms with Crippen LogP contribution < -0.4 is 0 Å². The predicted molar refractivity (Wildman–Crippen MR) is 69.2 cm³/mol. The van der Waals surface area contributed by atoms with E-state index in [1.165, 1.54) is 0 Å². The van der Waals surface area contributed by atoms with Crippen LogP contribution in [0.25, 0.3) is 0 Å². The monoisotopic (exact) mass is 263 g/mol. The molecular formula is C14H17NO4. The van der Waals surface area contributed by atoms with Crippen molar-refractivity contribution in [2.24, 2.45) is 0 Å². The molecule has 0 radical (unpaired) electrons. The molecule has 2 rings (SSSR count). The quantitative estimate of drug-likeness (QED) is 0.871. The van der Waals surface area contributed by atoms with Crippen molar-refractivity contribution >= 4 is 11.9 Å². The maximum absolute atomic E-state index is 12.4. The Bertz CT molecular complexity index is 512. The molecule has 0 saturated carbocycles. The lowest BCUT2D eigenvalue weighted by molar-refractivity contribution is -0.154. The summed E-state index contributed by atoms with van der Waals surface area (Å²) in [5.41, 5.74) is 2.62. The number of aryl methyl sites for hydroxylation is 1. The number of carboxylic acids is 1. The molecular weight excluding hydrogens is 246 g/mol. The SMILES string of the molecule is Cc1cccc(C(=O)N2CCOC(C(=O)O)C2)c1C. The van der Waals surface area contributed by atoms with Gasteiger partial charge in [0.25, 0.3) is 5.91 Å². The normalized spacial score (nSPS) is 19.3. The lowest BCUT2D eigenvalue weighted by Crippen LogP contribution is -2.48. The summed E-state index contributed by atoms with van der Waals surface area (Å²) in [6.07, 6.45) is -0.928. The first-order valence-electron chi connectivity index (χ1n) is 6.20. The Kier molecular flexibility index (Phi) is 3.85. The number of carboxylic acid groups (broad SMARTS) is 1. The van der Waals surface area contributed by atoms with Crippen LogP contribution in [-0.4, -0.2) is 47.7 Å². The lowest BCUT2D eigenvalue weighted by atomic mass is 10.0. The standard InChI is InChI=1S/C14H17NO4/c1-9-4-3-5-11(10(9)2)13(16)15-6-7-19-12(8-15)14(17)18/h3-5,12H,6-8H2,1-2H3,(H,17,18). The highest BCUT2D eigenvalue weighted by molar-refractivity contribution is 5.96. The Balaban J connectivity index is 2.19. The van der Waals surface area contributed by atoms with Crippen LogP contribution >= 0.6 is 0 Å². The van der Waals surface area contributed by atoms with Gasteiger partial charge in [-0.05, 0) is 31.0 Å². The molecule has 0 aliphatic carbocycles. The summed E-state index contributed by atoms with van der Waals surface area (Å²) < 4.78 is 5.12. The van der Waals surface area contributed by atoms with E-state index in [-0.39, 0.29) is 19.1 Å². The third-order valence-electron chi connectivity index (χ3n) is 3.46. The number of rotatable bonds is 2. The first-order chi connectivity index (χ1) is 9.00. The van der Waals surface area contributed by atoms with E-state index in [4.69, 9.17) is 9.84 Å². The Morgan fingerprint density at radius 1 is 1.37 bits per heavy atom. The number of benzene rings is 1. The van der Waals surface area contributed by atoms with Crippen molar-refractivity contribution in [3.05, 3.63) is 34.9 Å². The number of morpholine rings is 1. The minimum Gasteiger partial charge on any atom is -0.479 e. The number of hydrogen-bond acceptors (Lipinski definition) is 3. The average molecular weight is 263 g/mol. The molecule has 1 atom stereocenters. The van der Waals surface area contributed by atoms with E-state index in [9.17, 15) is 9.59 Å². The van der Waals surface area contributed by atoms with Crippen LogP contribution in [0.3, 0.4) is 0 Å². The molecule has 1 aromatic rings. The van der Waals surface area contributed by atoms with E-state index < -0.39 is 12.1 Å². The maximum Gasteiger partial charge on any atom is 0.334 e. The van der Waals surface area contributed by atoms with Crippen LogP contribution in [0.5, 0.6) is 0 Å². The summed E-state index contributed by atoms with van der Waals surface area (Å²) in [5, 5.41) is 8.94. The van der Waals surface area contributed by atoms with Gasteiger partial charge >= 0.3 is 5.97 Å². The highest BCUT2D eigenvalue weighted by Gasteiger charge is 2.29. The molecule has 1 N–H and O–H groups in total. The third-order valence-corrected chi connectivity index (χ3v) is 3.46. The number of aliphatic carboxylic acids is 1. The second-order valence-electron chi connectivity index (χ2n) is 4.70. The van der Waals surface area contributed by atoms with Crippen molar-refractivity contribution in [1.29, 1.82) is 0 Å². The molecule has 0 spiro atoms. The van der Waals surface area contributed by atoms with Gasteiger partial charge in [0.05, 0.1) is 13.2 Å². The van der Waals surface area contributed by atoms with Crippen molar-refractivity contribution in [2.75, 3.05) is 19.7 Å². The number of ether oxygens (including phenoxy) is 1. The van der Waals surface area contributed by atoms with Gasteiger partial charge in [-0.3, -0.25) is 4.79 Å². The smallest absolute Gasteiger partial charge is 0.334 e. The van der Waals surface area contributed by atoms with Gasteiger partial charge in [0, 0.05) is 12.1 Å². The zero-order chi connectivity index (χ0) is 14.0. The molecule has 1 saturated heterocycles. The van der Waals surface area contributed by atoms with Gasteiger partial charge in [0.15, 0.2) is 6.10 Å². The zero-order valence-corrected chi connectivity index (χ0v) is 11.0. The van der Waals surface area contributed by atoms with Crippen molar-refractivity contribution in [2.45, 2.75) is 20.0 Å². The predicted octanol–water partition coefficient (Wildman–Crippen LogP) is 1.23. The van der Waals surface area contributed by atoms with Crippen LogP contribution in [0.2, 0.25) is 0 Å². The number of carbonyl (C=O) groups excluding carboxylic acids is 1. The molecule has 5 heteroatoms. The van der Waals surface area contributed by atoms with Crippen LogP contribution in [0.4, 0.5) is 0 Å². The van der Waals surface area contributed by atoms with Crippen LogP contribution in [0.1, 0.15) is 21.5 Å². The van der Waals surface area contributed by atoms with E-state index in [2.05, 4.69) is 0 Å². The van der Waals surface area contributed by atoms with Gasteiger partial charge in [-0.2, -0.15) is 0 Å². The van der Waals surface area contributed by atoms with E-state index in [0.29, 0.717) is 12.1 Å². The molecule has 0 aromatic heterocycles. The zero-order valence-electron chi connectivity index (χ0n) is 11.0. The highest BCUT2D eigenvalue weighted by Crippen LogP contribution is 2.17. The van der Waals surface area contributed by atoms with E-state index in [1.54, 1.807) is 11.0 Å². The fourth-order valence-electron chi connectivity index (χ4n) is 2.14. The van der Waals surface area contributed by atoms with Crippen LogP contribution in [-0.2, 0) is 9.53 Å². The first-order valence-corrected chi connectivity index (χ1v) is 6.20. The van der Waals surface area contributed by atoms with Gasteiger partial charge in [-0.15, -0.1) is 0 Å². The molecule has 5 nitrogen and oxygen atoms in total. The Hall–Kier alpha value is -1.88. The Morgan fingerprint density at radius 3 is 2.79 bits per heavy atom. The molecule has 1 aliphatic heterocycles. The van der Waals surface area contributed by atoms with Crippen molar-refractivity contribution < 1.29 is 19.4 Å². The van der Waals surface area contributed by atoms with Crippen LogP contribution in [0, 0.1) is 13.8 Å². The molecule has 1 aromatic carbocycles. The van der Waals surface area contributed by atoms with Crippen molar-refractivity contribution in [3.8, 4) is 0 Å². The summed E-state index contributed by atoms with van der Waals surface area (Å²) in [5.74, 6) is -1.16. The van der Waals surface area contributed by atoms with Gasteiger partial charge in [-0.1, -0.05) is 12.1 Å². The molecule has 1 aliphatic rings. The van der Waals surface area contributed by atoms with Gasteiger partial charge in [0.1, 0.15) is 0 Å². The van der Waals surface area contributed by atoms with Gasteiger partial charge in [-0.25, -0.2) is 4.79 Å². The molecule has 1 fully saturated rings.